The lowest BCUT2D eigenvalue weighted by Crippen LogP contribution is -2.26. The van der Waals surface area contributed by atoms with Gasteiger partial charge in [0, 0.05) is 0 Å². The Morgan fingerprint density at radius 1 is 1.50 bits per heavy atom. The van der Waals surface area contributed by atoms with Crippen molar-refractivity contribution in [3.8, 4) is 0 Å². The molecule has 0 spiro atoms. The van der Waals surface area contributed by atoms with Crippen LogP contribution >= 0.6 is 0 Å². The Balaban J connectivity index is 2.53. The molecule has 0 unspecified atom stereocenters. The average molecular weight is 196 g/mol. The average Bonchev–Trinajstić information content (AvgIpc) is 2.19. The first-order chi connectivity index (χ1) is 6.74. The second-order valence-electron chi connectivity index (χ2n) is 2.14. The first kappa shape index (κ1) is 10.0. The monoisotopic (exact) mass is 196 g/mol. The molecule has 1 rings (SSSR count). The molecule has 0 fully saturated rings. The number of nitrogens with zero attached hydrogens (tertiary/aromatic N) is 3. The summed E-state index contributed by atoms with van der Waals surface area (Å²) in [5.74, 6) is -1.93. The lowest BCUT2D eigenvalue weighted by Gasteiger charge is -2.00. The number of ether oxygens (including phenoxy) is 1. The zero-order chi connectivity index (χ0) is 10.4. The van der Waals surface area contributed by atoms with Gasteiger partial charge in [0.25, 0.3) is 0 Å². The standard InChI is InChI=1S/C7H8N4O3/c1-2-14-6(13)5(12)10-7-8-3-4-9-11-7/h3-4H,2H2,1H3,(H,8,10,11,12). The molecule has 0 atom stereocenters. The second-order valence-corrected chi connectivity index (χ2v) is 2.14. The summed E-state index contributed by atoms with van der Waals surface area (Å²) >= 11 is 0. The van der Waals surface area contributed by atoms with Crippen LogP contribution in [0.3, 0.4) is 0 Å². The fourth-order valence-electron chi connectivity index (χ4n) is 0.654. The molecular weight excluding hydrogens is 188 g/mol. The van der Waals surface area contributed by atoms with Crippen molar-refractivity contribution >= 4 is 17.8 Å². The molecule has 1 amide bonds. The van der Waals surface area contributed by atoms with Crippen LogP contribution in [-0.4, -0.2) is 33.7 Å². The van der Waals surface area contributed by atoms with Crippen LogP contribution in [0.4, 0.5) is 5.95 Å². The Labute approximate surface area is 79.5 Å². The minimum Gasteiger partial charge on any atom is -0.459 e. The van der Waals surface area contributed by atoms with E-state index in [1.807, 2.05) is 0 Å². The first-order valence-corrected chi connectivity index (χ1v) is 3.86. The van der Waals surface area contributed by atoms with E-state index in [1.54, 1.807) is 6.92 Å². The number of esters is 1. The van der Waals surface area contributed by atoms with Gasteiger partial charge in [-0.1, -0.05) is 0 Å². The molecule has 0 radical (unpaired) electrons. The zero-order valence-electron chi connectivity index (χ0n) is 7.43. The van der Waals surface area contributed by atoms with Gasteiger partial charge in [-0.25, -0.2) is 9.78 Å². The highest BCUT2D eigenvalue weighted by atomic mass is 16.5. The van der Waals surface area contributed by atoms with E-state index in [1.165, 1.54) is 12.4 Å². The van der Waals surface area contributed by atoms with Crippen LogP contribution < -0.4 is 5.32 Å². The molecule has 0 aliphatic carbocycles. The van der Waals surface area contributed by atoms with E-state index in [4.69, 9.17) is 0 Å². The summed E-state index contributed by atoms with van der Waals surface area (Å²) in [5, 5.41) is 9.05. The fourth-order valence-corrected chi connectivity index (χ4v) is 0.654. The second kappa shape index (κ2) is 4.85. The summed E-state index contributed by atoms with van der Waals surface area (Å²) in [6, 6.07) is 0. The highest BCUT2D eigenvalue weighted by molar-refractivity contribution is 6.37. The molecule has 1 N–H and O–H groups in total. The minimum atomic E-state index is -0.972. The number of carbonyl (C=O) groups is 2. The van der Waals surface area contributed by atoms with Gasteiger partial charge in [-0.2, -0.15) is 5.10 Å². The summed E-state index contributed by atoms with van der Waals surface area (Å²) in [5.41, 5.74) is 0. The Bertz CT molecular complexity index is 327. The van der Waals surface area contributed by atoms with E-state index in [9.17, 15) is 9.59 Å². The van der Waals surface area contributed by atoms with Crippen molar-refractivity contribution in [2.75, 3.05) is 11.9 Å². The van der Waals surface area contributed by atoms with E-state index in [-0.39, 0.29) is 12.6 Å². The molecular formula is C7H8N4O3. The molecule has 7 heteroatoms. The maximum atomic E-state index is 11.0. The number of hydrogen-bond acceptors (Lipinski definition) is 6. The van der Waals surface area contributed by atoms with Gasteiger partial charge in [0.15, 0.2) is 0 Å². The normalized spacial score (nSPS) is 9.21. The van der Waals surface area contributed by atoms with Crippen molar-refractivity contribution in [3.05, 3.63) is 12.4 Å². The van der Waals surface area contributed by atoms with Gasteiger partial charge in [0.1, 0.15) is 0 Å². The molecule has 0 aromatic carbocycles. The lowest BCUT2D eigenvalue weighted by molar-refractivity contribution is -0.152. The summed E-state index contributed by atoms with van der Waals surface area (Å²) in [7, 11) is 0. The van der Waals surface area contributed by atoms with Crippen molar-refractivity contribution in [3.63, 3.8) is 0 Å². The maximum absolute atomic E-state index is 11.0. The van der Waals surface area contributed by atoms with Crippen LogP contribution in [0.25, 0.3) is 0 Å². The SMILES string of the molecule is CCOC(=O)C(=O)Nc1nccnn1. The van der Waals surface area contributed by atoms with Gasteiger partial charge in [-0.15, -0.1) is 5.10 Å². The summed E-state index contributed by atoms with van der Waals surface area (Å²) in [4.78, 5) is 25.5. The third-order valence-electron chi connectivity index (χ3n) is 1.17. The number of carbonyl (C=O) groups excluding carboxylic acids is 2. The Morgan fingerprint density at radius 3 is 2.86 bits per heavy atom. The van der Waals surface area contributed by atoms with E-state index in [2.05, 4.69) is 25.2 Å². The predicted molar refractivity (Wildman–Crippen MR) is 45.1 cm³/mol. The molecule has 7 nitrogen and oxygen atoms in total. The first-order valence-electron chi connectivity index (χ1n) is 3.86. The number of nitrogens with one attached hydrogen (secondary N) is 1. The zero-order valence-corrected chi connectivity index (χ0v) is 7.43. The quantitative estimate of drug-likeness (QED) is 0.500. The summed E-state index contributed by atoms with van der Waals surface area (Å²) in [6.07, 6.45) is 2.69. The molecule has 0 bridgehead atoms. The fraction of sp³-hybridized carbons (Fsp3) is 0.286. The number of aromatic nitrogens is 3. The van der Waals surface area contributed by atoms with E-state index < -0.39 is 11.9 Å². The molecule has 0 aliphatic heterocycles. The van der Waals surface area contributed by atoms with Crippen LogP contribution in [0.15, 0.2) is 12.4 Å². The largest absolute Gasteiger partial charge is 0.459 e. The number of rotatable bonds is 2. The van der Waals surface area contributed by atoms with Crippen LogP contribution in [0.1, 0.15) is 6.92 Å². The van der Waals surface area contributed by atoms with Crippen molar-refractivity contribution in [1.82, 2.24) is 15.2 Å². The number of hydrogen-bond donors (Lipinski definition) is 1. The molecule has 0 saturated carbocycles. The predicted octanol–water partition coefficient (Wildman–Crippen LogP) is -0.627. The van der Waals surface area contributed by atoms with E-state index in [0.29, 0.717) is 0 Å². The van der Waals surface area contributed by atoms with Gasteiger partial charge in [0.05, 0.1) is 19.0 Å². The maximum Gasteiger partial charge on any atom is 0.397 e. The Morgan fingerprint density at radius 2 is 2.29 bits per heavy atom. The smallest absolute Gasteiger partial charge is 0.397 e. The lowest BCUT2D eigenvalue weighted by atomic mass is 10.6. The highest BCUT2D eigenvalue weighted by Gasteiger charge is 2.15. The number of amides is 1. The van der Waals surface area contributed by atoms with Gasteiger partial charge in [-0.3, -0.25) is 10.1 Å². The van der Waals surface area contributed by atoms with E-state index in [0.717, 1.165) is 0 Å². The van der Waals surface area contributed by atoms with Crippen LogP contribution in [-0.2, 0) is 14.3 Å². The molecule has 1 aromatic rings. The van der Waals surface area contributed by atoms with Crippen LogP contribution in [0, 0.1) is 0 Å². The molecule has 1 aromatic heterocycles. The van der Waals surface area contributed by atoms with Gasteiger partial charge >= 0.3 is 11.9 Å². The minimum absolute atomic E-state index is 0.0365. The molecule has 1 heterocycles. The van der Waals surface area contributed by atoms with E-state index >= 15 is 0 Å². The van der Waals surface area contributed by atoms with Gasteiger partial charge < -0.3 is 4.74 Å². The number of anilines is 1. The van der Waals surface area contributed by atoms with Crippen LogP contribution in [0.5, 0.6) is 0 Å². The topological polar surface area (TPSA) is 94.1 Å². The molecule has 74 valence electrons. The molecule has 0 aliphatic rings. The van der Waals surface area contributed by atoms with Crippen molar-refractivity contribution < 1.29 is 14.3 Å². The third-order valence-corrected chi connectivity index (χ3v) is 1.17. The van der Waals surface area contributed by atoms with Crippen molar-refractivity contribution in [2.45, 2.75) is 6.92 Å². The Kier molecular flexibility index (Phi) is 3.48. The highest BCUT2D eigenvalue weighted by Crippen LogP contribution is 1.92. The molecule has 0 saturated heterocycles. The van der Waals surface area contributed by atoms with Gasteiger partial charge in [-0.05, 0) is 6.92 Å². The third kappa shape index (κ3) is 2.77. The Hall–Kier alpha value is -2.05. The summed E-state index contributed by atoms with van der Waals surface area (Å²) < 4.78 is 4.45. The van der Waals surface area contributed by atoms with Crippen LogP contribution in [0.2, 0.25) is 0 Å². The summed E-state index contributed by atoms with van der Waals surface area (Å²) in [6.45, 7) is 1.74. The van der Waals surface area contributed by atoms with Gasteiger partial charge in [0.2, 0.25) is 5.95 Å². The van der Waals surface area contributed by atoms with Crippen molar-refractivity contribution in [2.24, 2.45) is 0 Å². The molecule has 14 heavy (non-hydrogen) atoms. The van der Waals surface area contributed by atoms with Crippen molar-refractivity contribution in [1.29, 1.82) is 0 Å².